The summed E-state index contributed by atoms with van der Waals surface area (Å²) >= 11 is 1.61. The van der Waals surface area contributed by atoms with Gasteiger partial charge in [0.05, 0.1) is 18.7 Å². The van der Waals surface area contributed by atoms with Crippen LogP contribution in [-0.4, -0.2) is 10.8 Å². The summed E-state index contributed by atoms with van der Waals surface area (Å²) in [5.74, 6) is 1.12. The molecule has 188 valence electrons. The largest absolute Gasteiger partial charge is 0.457 e. The Morgan fingerprint density at radius 3 is 2.11 bits per heavy atom. The Hall–Kier alpha value is -3.96. The van der Waals surface area contributed by atoms with Gasteiger partial charge in [0.25, 0.3) is 11.2 Å². The van der Waals surface area contributed by atoms with Crippen molar-refractivity contribution in [3.63, 3.8) is 0 Å². The van der Waals surface area contributed by atoms with E-state index in [-0.39, 0.29) is 12.2 Å². The third kappa shape index (κ3) is 5.73. The Morgan fingerprint density at radius 2 is 1.57 bits per heavy atom. The molecular weight excluding hydrogens is 497 g/mol. The molecule has 0 aliphatic rings. The first kappa shape index (κ1) is 26.1. The number of pyridine rings is 1. The van der Waals surface area contributed by atoms with E-state index in [2.05, 4.69) is 4.85 Å². The Morgan fingerprint density at radius 1 is 0.946 bits per heavy atom. The number of alkyl halides is 3. The molecule has 0 unspecified atom stereocenters. The molecule has 0 saturated heterocycles. The smallest absolute Gasteiger partial charge is 0.407 e. The van der Waals surface area contributed by atoms with Crippen molar-refractivity contribution in [3.8, 4) is 22.8 Å². The Bertz CT molecular complexity index is 1530. The van der Waals surface area contributed by atoms with E-state index in [1.165, 1.54) is 4.57 Å². The van der Waals surface area contributed by atoms with E-state index in [0.29, 0.717) is 17.1 Å². The van der Waals surface area contributed by atoms with Crippen molar-refractivity contribution in [2.75, 3.05) is 6.26 Å². The van der Waals surface area contributed by atoms with Crippen LogP contribution >= 0.6 is 11.8 Å². The standard InChI is InChI=1S/C29H23F3N2O2S/c1-18-5-6-21(19(2)15-18)17-34-26(16-25(29(30,31)32)27(33-3)28(34)35)20-7-9-22(10-8-20)36-23-11-13-24(37-4)14-12-23/h5-16H,17H2,1-2,4H3. The fourth-order valence-corrected chi connectivity index (χ4v) is 4.43. The lowest BCUT2D eigenvalue weighted by molar-refractivity contribution is -0.136. The molecule has 1 aromatic heterocycles. The van der Waals surface area contributed by atoms with E-state index < -0.39 is 23.0 Å². The predicted octanol–water partition coefficient (Wildman–Crippen LogP) is 8.26. The van der Waals surface area contributed by atoms with Gasteiger partial charge in [-0.25, -0.2) is 4.85 Å². The SMILES string of the molecule is [C-]#[N+]c1c(C(F)(F)F)cc(-c2ccc(Oc3ccc(SC)cc3)cc2)n(Cc2ccc(C)cc2C)c1=O. The van der Waals surface area contributed by atoms with E-state index in [4.69, 9.17) is 11.3 Å². The zero-order chi connectivity index (χ0) is 26.7. The monoisotopic (exact) mass is 520 g/mol. The van der Waals surface area contributed by atoms with Crippen molar-refractivity contribution < 1.29 is 17.9 Å². The highest BCUT2D eigenvalue weighted by Gasteiger charge is 2.36. The van der Waals surface area contributed by atoms with Gasteiger partial charge < -0.3 is 9.30 Å². The quantitative estimate of drug-likeness (QED) is 0.190. The number of aromatic nitrogens is 1. The van der Waals surface area contributed by atoms with E-state index in [1.54, 1.807) is 36.0 Å². The highest BCUT2D eigenvalue weighted by atomic mass is 32.2. The number of thioether (sulfide) groups is 1. The molecule has 37 heavy (non-hydrogen) atoms. The number of ether oxygens (including phenoxy) is 1. The Kier molecular flexibility index (Phi) is 7.46. The van der Waals surface area contributed by atoms with Gasteiger partial charge in [0.15, 0.2) is 0 Å². The molecule has 8 heteroatoms. The van der Waals surface area contributed by atoms with Gasteiger partial charge in [0.2, 0.25) is 0 Å². The molecule has 4 rings (SSSR count). The fourth-order valence-electron chi connectivity index (χ4n) is 4.02. The van der Waals surface area contributed by atoms with Crippen molar-refractivity contribution >= 4 is 17.4 Å². The minimum atomic E-state index is -4.85. The number of halogens is 3. The van der Waals surface area contributed by atoms with Gasteiger partial charge in [-0.2, -0.15) is 13.2 Å². The topological polar surface area (TPSA) is 35.6 Å². The second-order valence-corrected chi connectivity index (χ2v) is 9.40. The van der Waals surface area contributed by atoms with Gasteiger partial charge in [0, 0.05) is 10.6 Å². The lowest BCUT2D eigenvalue weighted by atomic mass is 10.0. The third-order valence-corrected chi connectivity index (χ3v) is 6.71. The molecule has 0 amide bonds. The molecular formula is C29H23F3N2O2S. The molecule has 0 saturated carbocycles. The molecule has 0 radical (unpaired) electrons. The summed E-state index contributed by atoms with van der Waals surface area (Å²) in [7, 11) is 0. The van der Waals surface area contributed by atoms with Gasteiger partial charge >= 0.3 is 6.18 Å². The normalized spacial score (nSPS) is 11.3. The minimum absolute atomic E-state index is 0.0287. The van der Waals surface area contributed by atoms with E-state index in [1.807, 2.05) is 62.6 Å². The lowest BCUT2D eigenvalue weighted by Crippen LogP contribution is -2.25. The number of hydrogen-bond acceptors (Lipinski definition) is 3. The Labute approximate surface area is 217 Å². The number of benzene rings is 3. The van der Waals surface area contributed by atoms with Crippen molar-refractivity contribution in [2.45, 2.75) is 31.5 Å². The third-order valence-electron chi connectivity index (χ3n) is 5.96. The molecule has 0 aliphatic heterocycles. The molecule has 0 N–H and O–H groups in total. The van der Waals surface area contributed by atoms with Crippen LogP contribution in [-0.2, 0) is 12.7 Å². The number of rotatable bonds is 6. The Balaban J connectivity index is 1.80. The van der Waals surface area contributed by atoms with Gasteiger partial charge in [-0.1, -0.05) is 23.8 Å². The second kappa shape index (κ2) is 10.6. The van der Waals surface area contributed by atoms with Gasteiger partial charge in [-0.05, 0) is 91.4 Å². The summed E-state index contributed by atoms with van der Waals surface area (Å²) in [4.78, 5) is 17.3. The summed E-state index contributed by atoms with van der Waals surface area (Å²) in [6, 6.07) is 20.6. The molecule has 0 atom stereocenters. The average Bonchev–Trinajstić information content (AvgIpc) is 2.86. The predicted molar refractivity (Wildman–Crippen MR) is 141 cm³/mol. The van der Waals surface area contributed by atoms with E-state index in [0.717, 1.165) is 27.7 Å². The zero-order valence-corrected chi connectivity index (χ0v) is 21.2. The molecule has 0 fully saturated rings. The highest BCUT2D eigenvalue weighted by Crippen LogP contribution is 2.37. The van der Waals surface area contributed by atoms with Crippen molar-refractivity contribution in [1.82, 2.24) is 4.57 Å². The van der Waals surface area contributed by atoms with E-state index >= 15 is 0 Å². The number of aryl methyl sites for hydroxylation is 2. The van der Waals surface area contributed by atoms with Gasteiger partial charge in [-0.15, -0.1) is 11.8 Å². The molecule has 0 bridgehead atoms. The number of hydrogen-bond donors (Lipinski definition) is 0. The molecule has 1 heterocycles. The molecule has 0 aliphatic carbocycles. The van der Waals surface area contributed by atoms with Crippen LogP contribution in [0.5, 0.6) is 11.5 Å². The molecule has 4 nitrogen and oxygen atoms in total. The first-order chi connectivity index (χ1) is 17.6. The maximum Gasteiger partial charge on any atom is 0.407 e. The summed E-state index contributed by atoms with van der Waals surface area (Å²) in [6.07, 6.45) is -2.87. The summed E-state index contributed by atoms with van der Waals surface area (Å²) < 4.78 is 48.6. The van der Waals surface area contributed by atoms with Crippen LogP contribution in [0.1, 0.15) is 22.3 Å². The first-order valence-electron chi connectivity index (χ1n) is 11.3. The maximum atomic E-state index is 13.8. The van der Waals surface area contributed by atoms with Crippen LogP contribution in [0.3, 0.4) is 0 Å². The molecule has 0 spiro atoms. The summed E-state index contributed by atoms with van der Waals surface area (Å²) in [5, 5.41) is 0. The summed E-state index contributed by atoms with van der Waals surface area (Å²) in [5.41, 5.74) is 0.0187. The molecule has 4 aromatic rings. The van der Waals surface area contributed by atoms with Gasteiger partial charge in [-0.3, -0.25) is 4.79 Å². The van der Waals surface area contributed by atoms with Crippen LogP contribution in [0.15, 0.2) is 82.5 Å². The van der Waals surface area contributed by atoms with E-state index in [9.17, 15) is 18.0 Å². The minimum Gasteiger partial charge on any atom is -0.457 e. The highest BCUT2D eigenvalue weighted by molar-refractivity contribution is 7.98. The van der Waals surface area contributed by atoms with Crippen molar-refractivity contribution in [3.05, 3.63) is 117 Å². The van der Waals surface area contributed by atoms with Crippen LogP contribution in [0.25, 0.3) is 16.1 Å². The lowest BCUT2D eigenvalue weighted by Gasteiger charge is -2.19. The van der Waals surface area contributed by atoms with Crippen LogP contribution < -0.4 is 10.3 Å². The average molecular weight is 521 g/mol. The number of nitrogens with zero attached hydrogens (tertiary/aromatic N) is 2. The van der Waals surface area contributed by atoms with Crippen LogP contribution in [0.2, 0.25) is 0 Å². The zero-order valence-electron chi connectivity index (χ0n) is 20.4. The van der Waals surface area contributed by atoms with Crippen molar-refractivity contribution in [2.24, 2.45) is 0 Å². The van der Waals surface area contributed by atoms with Crippen molar-refractivity contribution in [1.29, 1.82) is 0 Å². The first-order valence-corrected chi connectivity index (χ1v) is 12.5. The summed E-state index contributed by atoms with van der Waals surface area (Å²) in [6.45, 7) is 11.1. The van der Waals surface area contributed by atoms with Gasteiger partial charge in [0.1, 0.15) is 11.5 Å². The van der Waals surface area contributed by atoms with Crippen LogP contribution in [0.4, 0.5) is 18.9 Å². The van der Waals surface area contributed by atoms with Crippen LogP contribution in [0, 0.1) is 20.4 Å². The maximum absolute atomic E-state index is 13.8. The fraction of sp³-hybridized carbons (Fsp3) is 0.172. The molecule has 3 aromatic carbocycles. The second-order valence-electron chi connectivity index (χ2n) is 8.52.